The average molecular weight is 117 g/mol. The summed E-state index contributed by atoms with van der Waals surface area (Å²) in [5.41, 5.74) is 4.94. The summed E-state index contributed by atoms with van der Waals surface area (Å²) in [5.74, 6) is -0.581. The topological polar surface area (TPSA) is 69.4 Å². The van der Waals surface area contributed by atoms with Crippen LogP contribution in [0.5, 0.6) is 0 Å². The van der Waals surface area contributed by atoms with Gasteiger partial charge in [0.1, 0.15) is 0 Å². The van der Waals surface area contributed by atoms with Gasteiger partial charge in [-0.25, -0.2) is 0 Å². The Labute approximate surface area is 46.6 Å². The Bertz CT molecular complexity index is 91.3. The summed E-state index contributed by atoms with van der Waals surface area (Å²) in [5, 5.41) is 0. The summed E-state index contributed by atoms with van der Waals surface area (Å²) >= 11 is 0. The maximum absolute atomic E-state index is 10.1. The first kappa shape index (κ1) is 7.10. The van der Waals surface area contributed by atoms with E-state index in [2.05, 4.69) is 4.74 Å². The van der Waals surface area contributed by atoms with E-state index in [1.165, 1.54) is 0 Å². The van der Waals surface area contributed by atoms with E-state index in [4.69, 9.17) is 5.73 Å². The first-order valence-electron chi connectivity index (χ1n) is 2.14. The van der Waals surface area contributed by atoms with Crippen molar-refractivity contribution < 1.29 is 14.3 Å². The van der Waals surface area contributed by atoms with E-state index in [-0.39, 0.29) is 19.4 Å². The zero-order chi connectivity index (χ0) is 6.41. The molecule has 2 N–H and O–H groups in total. The van der Waals surface area contributed by atoms with Gasteiger partial charge in [0, 0.05) is 6.54 Å². The minimum atomic E-state index is -0.581. The van der Waals surface area contributed by atoms with Crippen LogP contribution < -0.4 is 5.73 Å². The summed E-state index contributed by atoms with van der Waals surface area (Å²) in [4.78, 5) is 19.5. The Morgan fingerprint density at radius 2 is 2.38 bits per heavy atom. The molecule has 0 aromatic carbocycles. The summed E-state index contributed by atoms with van der Waals surface area (Å²) in [6.07, 6.45) is 0.0960. The van der Waals surface area contributed by atoms with Gasteiger partial charge in [0.15, 0.2) is 0 Å². The number of rotatable bonds is 3. The van der Waals surface area contributed by atoms with Crippen LogP contribution in [0.3, 0.4) is 0 Å². The molecule has 0 spiro atoms. The van der Waals surface area contributed by atoms with E-state index in [0.717, 1.165) is 0 Å². The third-order valence-corrected chi connectivity index (χ3v) is 0.528. The molecule has 0 heterocycles. The van der Waals surface area contributed by atoms with Crippen molar-refractivity contribution >= 4 is 12.4 Å². The molecule has 0 radical (unpaired) electrons. The van der Waals surface area contributed by atoms with Gasteiger partial charge in [-0.05, 0) is 0 Å². The molecule has 0 aromatic rings. The first-order valence-corrected chi connectivity index (χ1v) is 2.14. The number of hydrogen-bond donors (Lipinski definition) is 1. The van der Waals surface area contributed by atoms with Gasteiger partial charge in [0.05, 0.1) is 6.42 Å². The smallest absolute Gasteiger partial charge is 0.314 e. The lowest BCUT2D eigenvalue weighted by atomic mass is 10.4. The summed E-state index contributed by atoms with van der Waals surface area (Å²) in [6.45, 7) is 0.310. The molecule has 0 aliphatic carbocycles. The SMILES string of the molecule is NCCC(=O)OC=O. The lowest BCUT2D eigenvalue weighted by Gasteiger charge is -1.89. The molecule has 8 heavy (non-hydrogen) atoms. The molecule has 0 aliphatic rings. The first-order chi connectivity index (χ1) is 3.81. The molecule has 4 nitrogen and oxygen atoms in total. The molecule has 0 unspecified atom stereocenters. The highest BCUT2D eigenvalue weighted by molar-refractivity contribution is 5.76. The van der Waals surface area contributed by atoms with Gasteiger partial charge in [0.25, 0.3) is 0 Å². The van der Waals surface area contributed by atoms with Gasteiger partial charge in [-0.15, -0.1) is 0 Å². The number of ether oxygens (including phenoxy) is 1. The molecule has 0 rings (SSSR count). The van der Waals surface area contributed by atoms with E-state index in [1.807, 2.05) is 0 Å². The van der Waals surface area contributed by atoms with Gasteiger partial charge >= 0.3 is 12.4 Å². The number of carbonyl (C=O) groups excluding carboxylic acids is 2. The maximum Gasteiger partial charge on any atom is 0.314 e. The van der Waals surface area contributed by atoms with Crippen molar-refractivity contribution in [2.24, 2.45) is 5.73 Å². The van der Waals surface area contributed by atoms with E-state index >= 15 is 0 Å². The highest BCUT2D eigenvalue weighted by Crippen LogP contribution is 1.77. The Balaban J connectivity index is 3.18. The molecule has 0 aliphatic heterocycles. The highest BCUT2D eigenvalue weighted by Gasteiger charge is 1.96. The molecule has 0 saturated carbocycles. The molecular formula is C4H7NO3. The average Bonchev–Trinajstić information content (AvgIpc) is 1.68. The zero-order valence-corrected chi connectivity index (χ0v) is 4.29. The Morgan fingerprint density at radius 3 is 2.75 bits per heavy atom. The van der Waals surface area contributed by atoms with Crippen molar-refractivity contribution in [1.29, 1.82) is 0 Å². The predicted octanol–water partition coefficient (Wildman–Crippen LogP) is -0.965. The molecule has 4 heteroatoms. The third-order valence-electron chi connectivity index (χ3n) is 0.528. The second kappa shape index (κ2) is 4.26. The summed E-state index contributed by atoms with van der Waals surface area (Å²) in [6, 6.07) is 0. The number of esters is 1. The third kappa shape index (κ3) is 3.30. The minimum absolute atomic E-state index is 0.0952. The Morgan fingerprint density at radius 1 is 1.75 bits per heavy atom. The van der Waals surface area contributed by atoms with E-state index in [1.54, 1.807) is 0 Å². The van der Waals surface area contributed by atoms with Crippen LogP contribution in [-0.2, 0) is 14.3 Å². The monoisotopic (exact) mass is 117 g/mol. The highest BCUT2D eigenvalue weighted by atomic mass is 16.6. The molecule has 0 saturated heterocycles. The van der Waals surface area contributed by atoms with Crippen LogP contribution in [0.1, 0.15) is 6.42 Å². The second-order valence-corrected chi connectivity index (χ2v) is 1.12. The van der Waals surface area contributed by atoms with Gasteiger partial charge in [-0.3, -0.25) is 9.59 Å². The van der Waals surface area contributed by atoms with Crippen LogP contribution in [0.15, 0.2) is 0 Å². The fraction of sp³-hybridized carbons (Fsp3) is 0.500. The van der Waals surface area contributed by atoms with Gasteiger partial charge < -0.3 is 10.5 Å². The maximum atomic E-state index is 10.1. The van der Waals surface area contributed by atoms with Crippen molar-refractivity contribution in [3.63, 3.8) is 0 Å². The summed E-state index contributed by atoms with van der Waals surface area (Å²) < 4.78 is 3.88. The summed E-state index contributed by atoms with van der Waals surface area (Å²) in [7, 11) is 0. The van der Waals surface area contributed by atoms with E-state index in [0.29, 0.717) is 0 Å². The number of carbonyl (C=O) groups is 2. The van der Waals surface area contributed by atoms with Crippen molar-refractivity contribution in [1.82, 2.24) is 0 Å². The standard InChI is InChI=1S/C4H7NO3/c5-2-1-4(7)8-3-6/h3H,1-2,5H2. The lowest BCUT2D eigenvalue weighted by Crippen LogP contribution is -2.09. The molecule has 0 fully saturated rings. The van der Waals surface area contributed by atoms with Crippen LogP contribution in [0, 0.1) is 0 Å². The van der Waals surface area contributed by atoms with Crippen LogP contribution in [0.2, 0.25) is 0 Å². The largest absolute Gasteiger partial charge is 0.395 e. The van der Waals surface area contributed by atoms with Crippen molar-refractivity contribution in [2.75, 3.05) is 6.54 Å². The number of hydrogen-bond acceptors (Lipinski definition) is 4. The van der Waals surface area contributed by atoms with Crippen molar-refractivity contribution in [2.45, 2.75) is 6.42 Å². The molecule has 0 atom stereocenters. The molecular weight excluding hydrogens is 110 g/mol. The minimum Gasteiger partial charge on any atom is -0.395 e. The van der Waals surface area contributed by atoms with Gasteiger partial charge in [-0.2, -0.15) is 0 Å². The predicted molar refractivity (Wildman–Crippen MR) is 25.8 cm³/mol. The van der Waals surface area contributed by atoms with Crippen LogP contribution in [0.4, 0.5) is 0 Å². The zero-order valence-electron chi connectivity index (χ0n) is 4.29. The molecule has 0 amide bonds. The van der Waals surface area contributed by atoms with Crippen molar-refractivity contribution in [3.8, 4) is 0 Å². The lowest BCUT2D eigenvalue weighted by molar-refractivity contribution is -0.151. The van der Waals surface area contributed by atoms with Crippen LogP contribution in [-0.4, -0.2) is 19.0 Å². The van der Waals surface area contributed by atoms with E-state index in [9.17, 15) is 9.59 Å². The van der Waals surface area contributed by atoms with E-state index < -0.39 is 5.97 Å². The van der Waals surface area contributed by atoms with Crippen molar-refractivity contribution in [3.05, 3.63) is 0 Å². The molecule has 0 aromatic heterocycles. The van der Waals surface area contributed by atoms with Gasteiger partial charge in [0.2, 0.25) is 0 Å². The molecule has 0 bridgehead atoms. The molecule has 46 valence electrons. The van der Waals surface area contributed by atoms with Gasteiger partial charge in [-0.1, -0.05) is 0 Å². The second-order valence-electron chi connectivity index (χ2n) is 1.12. The Hall–Kier alpha value is -0.900. The Kier molecular flexibility index (Phi) is 3.78. The quantitative estimate of drug-likeness (QED) is 0.293. The van der Waals surface area contributed by atoms with Crippen LogP contribution in [0.25, 0.3) is 0 Å². The number of nitrogens with two attached hydrogens (primary N) is 1. The fourth-order valence-corrected chi connectivity index (χ4v) is 0.230. The normalized spacial score (nSPS) is 8.12. The fourth-order valence-electron chi connectivity index (χ4n) is 0.230. The van der Waals surface area contributed by atoms with Crippen LogP contribution >= 0.6 is 0 Å².